The van der Waals surface area contributed by atoms with Crippen LogP contribution in [-0.4, -0.2) is 35.8 Å². The monoisotopic (exact) mass is 293 g/mol. The van der Waals surface area contributed by atoms with E-state index in [2.05, 4.69) is 0 Å². The highest BCUT2D eigenvalue weighted by Crippen LogP contribution is 2.20. The number of piperidine rings is 1. The van der Waals surface area contributed by atoms with Gasteiger partial charge >= 0.3 is 6.09 Å². The van der Waals surface area contributed by atoms with Crippen LogP contribution in [0.1, 0.15) is 41.0 Å². The second-order valence-corrected chi connectivity index (χ2v) is 6.10. The molecule has 1 aromatic carbocycles. The normalized spacial score (nSPS) is 16.0. The van der Waals surface area contributed by atoms with Gasteiger partial charge in [-0.1, -0.05) is 25.6 Å². The molecule has 1 heterocycles. The summed E-state index contributed by atoms with van der Waals surface area (Å²) >= 11 is 0. The molecule has 0 bridgehead atoms. The van der Waals surface area contributed by atoms with Crippen molar-refractivity contribution in [3.8, 4) is 5.75 Å². The number of benzene rings is 1. The number of carbonyl (C=O) groups excluding carboxylic acids is 1. The average molecular weight is 293 g/mol. The van der Waals surface area contributed by atoms with Crippen molar-refractivity contribution in [3.05, 3.63) is 30.3 Å². The summed E-state index contributed by atoms with van der Waals surface area (Å²) in [5.41, 5.74) is -0.436. The Bertz CT molecular complexity index is 431. The molecule has 0 spiro atoms. The fourth-order valence-electron chi connectivity index (χ4n) is 2.17. The molecular weight excluding hydrogens is 266 g/mol. The van der Waals surface area contributed by atoms with Gasteiger partial charge in [-0.05, 0) is 32.9 Å². The van der Waals surface area contributed by atoms with Crippen LogP contribution in [0.5, 0.6) is 5.75 Å². The molecule has 0 saturated carbocycles. The minimum Gasteiger partial charge on any atom is -0.490 e. The predicted octanol–water partition coefficient (Wildman–Crippen LogP) is 4.10. The predicted molar refractivity (Wildman–Crippen MR) is 84.6 cm³/mol. The number of nitrogens with zero attached hydrogens (tertiary/aromatic N) is 1. The van der Waals surface area contributed by atoms with Gasteiger partial charge in [0.1, 0.15) is 17.5 Å². The van der Waals surface area contributed by atoms with Gasteiger partial charge < -0.3 is 14.4 Å². The third kappa shape index (κ3) is 5.66. The van der Waals surface area contributed by atoms with Gasteiger partial charge in [-0.2, -0.15) is 0 Å². The van der Waals surface area contributed by atoms with Crippen molar-refractivity contribution in [1.29, 1.82) is 0 Å². The SMILES string of the molecule is C.CC(C)(C)OC(=O)N1CCC(Oc2ccccc2)CC1. The highest BCUT2D eigenvalue weighted by atomic mass is 16.6. The summed E-state index contributed by atoms with van der Waals surface area (Å²) in [6.45, 7) is 7.03. The lowest BCUT2D eigenvalue weighted by molar-refractivity contribution is 0.0126. The molecule has 1 aromatic rings. The molecule has 4 nitrogen and oxygen atoms in total. The molecule has 2 rings (SSSR count). The first-order valence-electron chi connectivity index (χ1n) is 7.14. The van der Waals surface area contributed by atoms with Gasteiger partial charge in [-0.25, -0.2) is 4.79 Å². The van der Waals surface area contributed by atoms with E-state index in [-0.39, 0.29) is 19.6 Å². The van der Waals surface area contributed by atoms with E-state index in [1.165, 1.54) is 0 Å². The van der Waals surface area contributed by atoms with Crippen molar-refractivity contribution in [2.45, 2.75) is 52.7 Å². The van der Waals surface area contributed by atoms with Crippen LogP contribution < -0.4 is 4.74 Å². The number of likely N-dealkylation sites (tertiary alicyclic amines) is 1. The van der Waals surface area contributed by atoms with Crippen LogP contribution in [-0.2, 0) is 4.74 Å². The highest BCUT2D eigenvalue weighted by molar-refractivity contribution is 5.68. The Morgan fingerprint density at radius 2 is 1.71 bits per heavy atom. The lowest BCUT2D eigenvalue weighted by Crippen LogP contribution is -2.44. The fraction of sp³-hybridized carbons (Fsp3) is 0.588. The first-order chi connectivity index (χ1) is 9.44. The van der Waals surface area contributed by atoms with Gasteiger partial charge in [-0.15, -0.1) is 0 Å². The van der Waals surface area contributed by atoms with Crippen molar-refractivity contribution in [3.63, 3.8) is 0 Å². The fourth-order valence-corrected chi connectivity index (χ4v) is 2.17. The van der Waals surface area contributed by atoms with Crippen molar-refractivity contribution in [2.75, 3.05) is 13.1 Å². The van der Waals surface area contributed by atoms with E-state index < -0.39 is 5.60 Å². The smallest absolute Gasteiger partial charge is 0.410 e. The number of hydrogen-bond acceptors (Lipinski definition) is 3. The molecule has 21 heavy (non-hydrogen) atoms. The van der Waals surface area contributed by atoms with Crippen molar-refractivity contribution in [1.82, 2.24) is 4.90 Å². The third-order valence-electron chi connectivity index (χ3n) is 3.14. The number of rotatable bonds is 2. The van der Waals surface area contributed by atoms with E-state index in [4.69, 9.17) is 9.47 Å². The van der Waals surface area contributed by atoms with Crippen molar-refractivity contribution in [2.24, 2.45) is 0 Å². The second-order valence-electron chi connectivity index (χ2n) is 6.10. The zero-order chi connectivity index (χ0) is 14.6. The quantitative estimate of drug-likeness (QED) is 0.824. The summed E-state index contributed by atoms with van der Waals surface area (Å²) in [5, 5.41) is 0. The maximum atomic E-state index is 11.9. The van der Waals surface area contributed by atoms with Crippen LogP contribution in [0.25, 0.3) is 0 Å². The lowest BCUT2D eigenvalue weighted by atomic mass is 10.1. The molecule has 0 aliphatic carbocycles. The largest absolute Gasteiger partial charge is 0.490 e. The molecule has 1 saturated heterocycles. The maximum absolute atomic E-state index is 11.9. The van der Waals surface area contributed by atoms with Gasteiger partial charge in [0.2, 0.25) is 0 Å². The molecule has 1 amide bonds. The molecule has 118 valence electrons. The number of ether oxygens (including phenoxy) is 2. The van der Waals surface area contributed by atoms with Crippen LogP contribution in [0.2, 0.25) is 0 Å². The standard InChI is InChI=1S/C16H23NO3.CH4/c1-16(2,3)20-15(18)17-11-9-14(10-12-17)19-13-7-5-4-6-8-13;/h4-8,14H,9-12H2,1-3H3;1H4. The van der Waals surface area contributed by atoms with Crippen LogP contribution in [0.4, 0.5) is 4.79 Å². The highest BCUT2D eigenvalue weighted by Gasteiger charge is 2.27. The van der Waals surface area contributed by atoms with E-state index in [1.807, 2.05) is 51.1 Å². The van der Waals surface area contributed by atoms with E-state index in [1.54, 1.807) is 4.90 Å². The molecular formula is C17H27NO3. The van der Waals surface area contributed by atoms with Gasteiger partial charge in [0.15, 0.2) is 0 Å². The topological polar surface area (TPSA) is 38.8 Å². The van der Waals surface area contributed by atoms with Gasteiger partial charge in [0, 0.05) is 25.9 Å². The number of hydrogen-bond donors (Lipinski definition) is 0. The third-order valence-corrected chi connectivity index (χ3v) is 3.14. The van der Waals surface area contributed by atoms with Crippen molar-refractivity contribution < 1.29 is 14.3 Å². The molecule has 0 radical (unpaired) electrons. The molecule has 0 aromatic heterocycles. The molecule has 0 atom stereocenters. The summed E-state index contributed by atoms with van der Waals surface area (Å²) in [6.07, 6.45) is 1.63. The Morgan fingerprint density at radius 3 is 2.24 bits per heavy atom. The minimum absolute atomic E-state index is 0. The number of amides is 1. The summed E-state index contributed by atoms with van der Waals surface area (Å²) in [5.74, 6) is 0.892. The lowest BCUT2D eigenvalue weighted by Gasteiger charge is -2.33. The number of carbonyl (C=O) groups is 1. The average Bonchev–Trinajstić information content (AvgIpc) is 2.39. The Balaban J connectivity index is 0.00000220. The summed E-state index contributed by atoms with van der Waals surface area (Å²) < 4.78 is 11.3. The first-order valence-corrected chi connectivity index (χ1v) is 7.14. The van der Waals surface area contributed by atoms with Gasteiger partial charge in [0.25, 0.3) is 0 Å². The van der Waals surface area contributed by atoms with Gasteiger partial charge in [0.05, 0.1) is 0 Å². The summed E-state index contributed by atoms with van der Waals surface area (Å²) in [4.78, 5) is 13.7. The van der Waals surface area contributed by atoms with Crippen LogP contribution in [0, 0.1) is 0 Å². The molecule has 1 fully saturated rings. The zero-order valence-corrected chi connectivity index (χ0v) is 12.5. The zero-order valence-electron chi connectivity index (χ0n) is 12.5. The van der Waals surface area contributed by atoms with E-state index in [0.717, 1.165) is 18.6 Å². The van der Waals surface area contributed by atoms with Crippen LogP contribution in [0.15, 0.2) is 30.3 Å². The first kappa shape index (κ1) is 17.3. The Kier molecular flexibility index (Phi) is 6.06. The van der Waals surface area contributed by atoms with E-state index >= 15 is 0 Å². The van der Waals surface area contributed by atoms with E-state index in [9.17, 15) is 4.79 Å². The summed E-state index contributed by atoms with van der Waals surface area (Å²) in [7, 11) is 0. The molecule has 1 aliphatic rings. The molecule has 1 aliphatic heterocycles. The molecule has 0 unspecified atom stereocenters. The van der Waals surface area contributed by atoms with Crippen LogP contribution >= 0.6 is 0 Å². The molecule has 4 heteroatoms. The summed E-state index contributed by atoms with van der Waals surface area (Å²) in [6, 6.07) is 9.81. The maximum Gasteiger partial charge on any atom is 0.410 e. The van der Waals surface area contributed by atoms with E-state index in [0.29, 0.717) is 13.1 Å². The molecule has 0 N–H and O–H groups in total. The Hall–Kier alpha value is -1.71. The second kappa shape index (κ2) is 7.34. The Morgan fingerprint density at radius 1 is 1.14 bits per heavy atom. The minimum atomic E-state index is -0.436. The number of para-hydroxylation sites is 1. The van der Waals surface area contributed by atoms with Gasteiger partial charge in [-0.3, -0.25) is 0 Å². The van der Waals surface area contributed by atoms with Crippen molar-refractivity contribution >= 4 is 6.09 Å². The van der Waals surface area contributed by atoms with Crippen LogP contribution in [0.3, 0.4) is 0 Å². The Labute approximate surface area is 128 Å².